The van der Waals surface area contributed by atoms with Crippen molar-refractivity contribution in [2.45, 2.75) is 25.9 Å². The smallest absolute Gasteiger partial charge is 0.209 e. The van der Waals surface area contributed by atoms with E-state index in [4.69, 9.17) is 9.47 Å². The summed E-state index contributed by atoms with van der Waals surface area (Å²) in [6.45, 7) is 6.38. The van der Waals surface area contributed by atoms with Crippen molar-refractivity contribution < 1.29 is 14.3 Å². The van der Waals surface area contributed by atoms with Crippen LogP contribution in [0, 0.1) is 0 Å². The van der Waals surface area contributed by atoms with Crippen molar-refractivity contribution in [2.24, 2.45) is 0 Å². The first-order chi connectivity index (χ1) is 10.2. The van der Waals surface area contributed by atoms with Crippen molar-refractivity contribution in [1.29, 1.82) is 0 Å². The van der Waals surface area contributed by atoms with Crippen LogP contribution in [0.1, 0.15) is 25.3 Å². The third-order valence-corrected chi connectivity index (χ3v) is 3.23. The summed E-state index contributed by atoms with van der Waals surface area (Å²) in [5.74, 6) is 1.25. The molecule has 0 aliphatic carbocycles. The minimum absolute atomic E-state index is 0.0214. The van der Waals surface area contributed by atoms with E-state index in [1.165, 1.54) is 0 Å². The zero-order valence-corrected chi connectivity index (χ0v) is 12.5. The molecule has 112 valence electrons. The van der Waals surface area contributed by atoms with Gasteiger partial charge in [-0.15, -0.1) is 6.58 Å². The maximum absolute atomic E-state index is 12.5. The number of hydrogen-bond donors (Lipinski definition) is 1. The molecule has 0 aromatic heterocycles. The SMILES string of the molecule is C=CCC1OC(NC)=C(c2cccc(OCCC)c2)C1=O. The van der Waals surface area contributed by atoms with Gasteiger partial charge in [0.1, 0.15) is 5.75 Å². The zero-order valence-electron chi connectivity index (χ0n) is 12.5. The highest BCUT2D eigenvalue weighted by molar-refractivity contribution is 6.25. The Balaban J connectivity index is 2.30. The van der Waals surface area contributed by atoms with Crippen LogP contribution in [0.15, 0.2) is 42.8 Å². The molecule has 1 heterocycles. The van der Waals surface area contributed by atoms with Gasteiger partial charge in [0, 0.05) is 13.5 Å². The minimum Gasteiger partial charge on any atom is -0.494 e. The molecule has 0 radical (unpaired) electrons. The molecular weight excluding hydrogens is 266 g/mol. The summed E-state index contributed by atoms with van der Waals surface area (Å²) < 4.78 is 11.3. The Morgan fingerprint density at radius 1 is 1.48 bits per heavy atom. The van der Waals surface area contributed by atoms with Crippen LogP contribution in [0.3, 0.4) is 0 Å². The van der Waals surface area contributed by atoms with E-state index in [1.54, 1.807) is 13.1 Å². The topological polar surface area (TPSA) is 47.6 Å². The van der Waals surface area contributed by atoms with Crippen molar-refractivity contribution in [1.82, 2.24) is 5.32 Å². The van der Waals surface area contributed by atoms with Gasteiger partial charge >= 0.3 is 0 Å². The van der Waals surface area contributed by atoms with E-state index in [-0.39, 0.29) is 5.78 Å². The number of nitrogens with one attached hydrogen (secondary N) is 1. The van der Waals surface area contributed by atoms with Crippen LogP contribution in [0.2, 0.25) is 0 Å². The summed E-state index contributed by atoms with van der Waals surface area (Å²) in [5.41, 5.74) is 1.39. The van der Waals surface area contributed by atoms with Crippen LogP contribution in [0.4, 0.5) is 0 Å². The number of hydrogen-bond acceptors (Lipinski definition) is 4. The number of ether oxygens (including phenoxy) is 2. The highest BCUT2D eigenvalue weighted by Crippen LogP contribution is 2.31. The molecule has 0 fully saturated rings. The molecule has 4 heteroatoms. The number of benzene rings is 1. The van der Waals surface area contributed by atoms with E-state index in [0.717, 1.165) is 17.7 Å². The summed E-state index contributed by atoms with van der Waals surface area (Å²) in [4.78, 5) is 12.5. The maximum Gasteiger partial charge on any atom is 0.209 e. The number of carbonyl (C=O) groups is 1. The van der Waals surface area contributed by atoms with Crippen LogP contribution in [-0.2, 0) is 9.53 Å². The van der Waals surface area contributed by atoms with Crippen molar-refractivity contribution in [3.8, 4) is 5.75 Å². The Morgan fingerprint density at radius 2 is 2.29 bits per heavy atom. The second kappa shape index (κ2) is 6.97. The lowest BCUT2D eigenvalue weighted by atomic mass is 9.99. The van der Waals surface area contributed by atoms with Gasteiger partial charge in [0.25, 0.3) is 0 Å². The standard InChI is InChI=1S/C17H21NO3/c1-4-7-14-16(19)15(17(18-3)21-14)12-8-6-9-13(11-12)20-10-5-2/h4,6,8-9,11,14,18H,1,5,7,10H2,2-3H3. The first kappa shape index (κ1) is 15.2. The Labute approximate surface area is 125 Å². The maximum atomic E-state index is 12.5. The van der Waals surface area contributed by atoms with Crippen molar-refractivity contribution in [3.63, 3.8) is 0 Å². The normalized spacial score (nSPS) is 17.6. The van der Waals surface area contributed by atoms with E-state index >= 15 is 0 Å². The summed E-state index contributed by atoms with van der Waals surface area (Å²) >= 11 is 0. The van der Waals surface area contributed by atoms with E-state index in [1.807, 2.05) is 24.3 Å². The largest absolute Gasteiger partial charge is 0.494 e. The molecule has 1 atom stereocenters. The van der Waals surface area contributed by atoms with E-state index < -0.39 is 6.10 Å². The quantitative estimate of drug-likeness (QED) is 0.783. The van der Waals surface area contributed by atoms with Crippen molar-refractivity contribution in [2.75, 3.05) is 13.7 Å². The molecule has 1 aromatic carbocycles. The molecule has 0 saturated carbocycles. The molecule has 1 aliphatic heterocycles. The van der Waals surface area contributed by atoms with Gasteiger partial charge in [-0.3, -0.25) is 4.79 Å². The van der Waals surface area contributed by atoms with Crippen molar-refractivity contribution in [3.05, 3.63) is 48.4 Å². The summed E-state index contributed by atoms with van der Waals surface area (Å²) in [7, 11) is 1.75. The van der Waals surface area contributed by atoms with Gasteiger partial charge in [-0.05, 0) is 24.1 Å². The van der Waals surface area contributed by atoms with Gasteiger partial charge in [-0.25, -0.2) is 0 Å². The minimum atomic E-state index is -0.486. The molecule has 4 nitrogen and oxygen atoms in total. The molecule has 1 aromatic rings. The summed E-state index contributed by atoms with van der Waals surface area (Å²) in [6, 6.07) is 7.54. The van der Waals surface area contributed by atoms with Gasteiger partial charge in [0.2, 0.25) is 5.78 Å². The predicted molar refractivity (Wildman–Crippen MR) is 82.9 cm³/mol. The average Bonchev–Trinajstić information content (AvgIpc) is 2.82. The first-order valence-corrected chi connectivity index (χ1v) is 7.18. The molecule has 1 aliphatic rings. The second-order valence-corrected chi connectivity index (χ2v) is 4.83. The Hall–Kier alpha value is -2.23. The van der Waals surface area contributed by atoms with E-state index in [9.17, 15) is 4.79 Å². The predicted octanol–water partition coefficient (Wildman–Crippen LogP) is 2.91. The number of ketones is 1. The number of Topliss-reactive ketones (excluding diaryl/α,β-unsaturated/α-hetero) is 1. The highest BCUT2D eigenvalue weighted by Gasteiger charge is 2.34. The van der Waals surface area contributed by atoms with Gasteiger partial charge in [0.05, 0.1) is 12.2 Å². The van der Waals surface area contributed by atoms with Gasteiger partial charge in [-0.2, -0.15) is 0 Å². The lowest BCUT2D eigenvalue weighted by Crippen LogP contribution is -2.17. The molecule has 2 rings (SSSR count). The monoisotopic (exact) mass is 287 g/mol. The van der Waals surface area contributed by atoms with Crippen LogP contribution in [0.25, 0.3) is 5.57 Å². The molecule has 0 saturated heterocycles. The molecule has 0 spiro atoms. The number of carbonyl (C=O) groups excluding carboxylic acids is 1. The van der Waals surface area contributed by atoms with Gasteiger partial charge in [0.15, 0.2) is 12.0 Å². The Morgan fingerprint density at radius 3 is 2.95 bits per heavy atom. The highest BCUT2D eigenvalue weighted by atomic mass is 16.5. The molecule has 0 bridgehead atoms. The molecule has 21 heavy (non-hydrogen) atoms. The lowest BCUT2D eigenvalue weighted by Gasteiger charge is -2.08. The van der Waals surface area contributed by atoms with Gasteiger partial charge < -0.3 is 14.8 Å². The molecule has 0 amide bonds. The van der Waals surface area contributed by atoms with Crippen LogP contribution in [0.5, 0.6) is 5.75 Å². The van der Waals surface area contributed by atoms with E-state index in [2.05, 4.69) is 18.8 Å². The summed E-state index contributed by atoms with van der Waals surface area (Å²) in [5, 5.41) is 2.96. The van der Waals surface area contributed by atoms with Crippen LogP contribution in [-0.4, -0.2) is 25.5 Å². The third-order valence-electron chi connectivity index (χ3n) is 3.23. The lowest BCUT2D eigenvalue weighted by molar-refractivity contribution is -0.119. The molecule has 1 unspecified atom stereocenters. The average molecular weight is 287 g/mol. The fraction of sp³-hybridized carbons (Fsp3) is 0.353. The Bertz CT molecular complexity index is 563. The van der Waals surface area contributed by atoms with Gasteiger partial charge in [-0.1, -0.05) is 25.1 Å². The number of rotatable bonds is 7. The second-order valence-electron chi connectivity index (χ2n) is 4.83. The third kappa shape index (κ3) is 3.27. The molecule has 1 N–H and O–H groups in total. The van der Waals surface area contributed by atoms with E-state index in [0.29, 0.717) is 24.5 Å². The molecular formula is C17H21NO3. The fourth-order valence-corrected chi connectivity index (χ4v) is 2.25. The fourth-order valence-electron chi connectivity index (χ4n) is 2.25. The Kier molecular flexibility index (Phi) is 5.04. The first-order valence-electron chi connectivity index (χ1n) is 7.18. The summed E-state index contributed by atoms with van der Waals surface area (Å²) in [6.07, 6.45) is 2.65. The van der Waals surface area contributed by atoms with Crippen LogP contribution < -0.4 is 10.1 Å². The van der Waals surface area contributed by atoms with Crippen molar-refractivity contribution >= 4 is 11.4 Å². The van der Waals surface area contributed by atoms with Crippen LogP contribution >= 0.6 is 0 Å². The zero-order chi connectivity index (χ0) is 15.2.